The number of rotatable bonds is 2. The van der Waals surface area contributed by atoms with E-state index in [0.29, 0.717) is 17.1 Å². The van der Waals surface area contributed by atoms with Gasteiger partial charge in [0.15, 0.2) is 0 Å². The lowest BCUT2D eigenvalue weighted by Crippen LogP contribution is -2.11. The SMILES string of the molecule is CC1CCCOc2ccc3c(c(Cl)cn3S(=O)(=O)c3ccccc3)c21. The van der Waals surface area contributed by atoms with Crippen molar-refractivity contribution < 1.29 is 13.2 Å². The number of ether oxygens (including phenoxy) is 1. The highest BCUT2D eigenvalue weighted by atomic mass is 35.5. The molecule has 0 saturated carbocycles. The third kappa shape index (κ3) is 2.62. The van der Waals surface area contributed by atoms with E-state index < -0.39 is 10.0 Å². The third-order valence-electron chi connectivity index (χ3n) is 4.72. The molecule has 2 aromatic carbocycles. The predicted octanol–water partition coefficient (Wildman–Crippen LogP) is 4.81. The Morgan fingerprint density at radius 1 is 1.16 bits per heavy atom. The lowest BCUT2D eigenvalue weighted by molar-refractivity contribution is 0.316. The van der Waals surface area contributed by atoms with Gasteiger partial charge in [-0.3, -0.25) is 0 Å². The average molecular weight is 376 g/mol. The van der Waals surface area contributed by atoms with Crippen LogP contribution in [-0.2, 0) is 10.0 Å². The van der Waals surface area contributed by atoms with Gasteiger partial charge in [-0.05, 0) is 43.0 Å². The smallest absolute Gasteiger partial charge is 0.268 e. The number of hydrogen-bond acceptors (Lipinski definition) is 3. The first-order chi connectivity index (χ1) is 12.0. The monoisotopic (exact) mass is 375 g/mol. The van der Waals surface area contributed by atoms with E-state index in [9.17, 15) is 8.42 Å². The normalized spacial score (nSPS) is 17.8. The van der Waals surface area contributed by atoms with Crippen LogP contribution in [0, 0.1) is 0 Å². The molecule has 4 rings (SSSR count). The van der Waals surface area contributed by atoms with E-state index in [4.69, 9.17) is 16.3 Å². The summed E-state index contributed by atoms with van der Waals surface area (Å²) in [5, 5.41) is 1.21. The summed E-state index contributed by atoms with van der Waals surface area (Å²) < 4.78 is 33.2. The minimum Gasteiger partial charge on any atom is -0.493 e. The molecule has 1 aliphatic rings. The fraction of sp³-hybridized carbons (Fsp3) is 0.263. The van der Waals surface area contributed by atoms with Crippen LogP contribution in [0.4, 0.5) is 0 Å². The summed E-state index contributed by atoms with van der Waals surface area (Å²) in [4.78, 5) is 0.239. The maximum Gasteiger partial charge on any atom is 0.268 e. The summed E-state index contributed by atoms with van der Waals surface area (Å²) in [7, 11) is -3.71. The van der Waals surface area contributed by atoms with Gasteiger partial charge in [0, 0.05) is 17.1 Å². The fourth-order valence-corrected chi connectivity index (χ4v) is 5.23. The molecule has 25 heavy (non-hydrogen) atoms. The van der Waals surface area contributed by atoms with Gasteiger partial charge in [0.2, 0.25) is 0 Å². The molecule has 1 aliphatic heterocycles. The summed E-state index contributed by atoms with van der Waals surface area (Å²) >= 11 is 6.49. The van der Waals surface area contributed by atoms with Gasteiger partial charge >= 0.3 is 0 Å². The first-order valence-corrected chi connectivity index (χ1v) is 10.1. The summed E-state index contributed by atoms with van der Waals surface area (Å²) in [5.41, 5.74) is 1.59. The molecule has 1 unspecified atom stereocenters. The van der Waals surface area contributed by atoms with Gasteiger partial charge in [0.05, 0.1) is 22.0 Å². The van der Waals surface area contributed by atoms with Crippen LogP contribution in [0.2, 0.25) is 5.02 Å². The Morgan fingerprint density at radius 3 is 2.68 bits per heavy atom. The Kier molecular flexibility index (Phi) is 4.01. The second-order valence-corrected chi connectivity index (χ2v) is 8.58. The minimum absolute atomic E-state index is 0.239. The molecule has 6 heteroatoms. The van der Waals surface area contributed by atoms with Crippen LogP contribution in [0.5, 0.6) is 5.75 Å². The number of nitrogens with zero attached hydrogens (tertiary/aromatic N) is 1. The molecule has 0 radical (unpaired) electrons. The van der Waals surface area contributed by atoms with Crippen LogP contribution >= 0.6 is 11.6 Å². The summed E-state index contributed by atoms with van der Waals surface area (Å²) in [6.07, 6.45) is 3.45. The summed E-state index contributed by atoms with van der Waals surface area (Å²) in [6.45, 7) is 2.80. The zero-order chi connectivity index (χ0) is 17.6. The van der Waals surface area contributed by atoms with Gasteiger partial charge in [-0.1, -0.05) is 36.7 Å². The third-order valence-corrected chi connectivity index (χ3v) is 6.70. The lowest BCUT2D eigenvalue weighted by atomic mass is 9.93. The number of benzene rings is 2. The molecule has 0 amide bonds. The summed E-state index contributed by atoms with van der Waals surface area (Å²) in [5.74, 6) is 1.06. The van der Waals surface area contributed by atoms with Crippen molar-refractivity contribution in [3.8, 4) is 5.75 Å². The van der Waals surface area contributed by atoms with Crippen LogP contribution in [0.25, 0.3) is 10.9 Å². The van der Waals surface area contributed by atoms with E-state index in [1.165, 1.54) is 10.2 Å². The zero-order valence-electron chi connectivity index (χ0n) is 13.8. The first kappa shape index (κ1) is 16.5. The quantitative estimate of drug-likeness (QED) is 0.645. The first-order valence-electron chi connectivity index (χ1n) is 8.27. The molecule has 0 saturated heterocycles. The largest absolute Gasteiger partial charge is 0.493 e. The van der Waals surface area contributed by atoms with Gasteiger partial charge in [-0.2, -0.15) is 0 Å². The van der Waals surface area contributed by atoms with Gasteiger partial charge in [-0.15, -0.1) is 0 Å². The van der Waals surface area contributed by atoms with Crippen LogP contribution in [-0.4, -0.2) is 19.0 Å². The van der Waals surface area contributed by atoms with Crippen molar-refractivity contribution in [2.24, 2.45) is 0 Å². The van der Waals surface area contributed by atoms with Crippen molar-refractivity contribution in [3.63, 3.8) is 0 Å². The molecule has 0 spiro atoms. The van der Waals surface area contributed by atoms with Crippen LogP contribution in [0.3, 0.4) is 0 Å². The standard InChI is InChI=1S/C19H18ClNO3S/c1-13-6-5-11-24-17-10-9-16-19(18(13)17)15(20)12-21(16)25(22,23)14-7-3-2-4-8-14/h2-4,7-10,12-13H,5-6,11H2,1H3. The van der Waals surface area contributed by atoms with E-state index in [2.05, 4.69) is 6.92 Å². The highest BCUT2D eigenvalue weighted by Gasteiger charge is 2.26. The van der Waals surface area contributed by atoms with Crippen LogP contribution in [0.1, 0.15) is 31.2 Å². The van der Waals surface area contributed by atoms with E-state index in [1.54, 1.807) is 36.4 Å². The van der Waals surface area contributed by atoms with Gasteiger partial charge in [-0.25, -0.2) is 12.4 Å². The molecular formula is C19H18ClNO3S. The zero-order valence-corrected chi connectivity index (χ0v) is 15.3. The molecule has 2 heterocycles. The van der Waals surface area contributed by atoms with Crippen molar-refractivity contribution in [2.45, 2.75) is 30.6 Å². The van der Waals surface area contributed by atoms with Crippen LogP contribution < -0.4 is 4.74 Å². The molecule has 1 atom stereocenters. The molecule has 0 N–H and O–H groups in total. The molecule has 0 bridgehead atoms. The number of aromatic nitrogens is 1. The van der Waals surface area contributed by atoms with E-state index >= 15 is 0 Å². The van der Waals surface area contributed by atoms with Gasteiger partial charge in [0.1, 0.15) is 5.75 Å². The van der Waals surface area contributed by atoms with Gasteiger partial charge < -0.3 is 4.74 Å². The molecule has 0 fully saturated rings. The Bertz CT molecular complexity index is 1040. The highest BCUT2D eigenvalue weighted by Crippen LogP contribution is 2.42. The number of halogens is 1. The van der Waals surface area contributed by atoms with Gasteiger partial charge in [0.25, 0.3) is 10.0 Å². The van der Waals surface area contributed by atoms with Crippen molar-refractivity contribution >= 4 is 32.5 Å². The molecule has 130 valence electrons. The Balaban J connectivity index is 2.00. The lowest BCUT2D eigenvalue weighted by Gasteiger charge is -2.14. The van der Waals surface area contributed by atoms with E-state index in [-0.39, 0.29) is 10.8 Å². The molecular weight excluding hydrogens is 358 g/mol. The Labute approximate surface area is 152 Å². The van der Waals surface area contributed by atoms with Crippen molar-refractivity contribution in [1.82, 2.24) is 3.97 Å². The van der Waals surface area contributed by atoms with Crippen molar-refractivity contribution in [3.05, 3.63) is 59.2 Å². The van der Waals surface area contributed by atoms with Crippen LogP contribution in [0.15, 0.2) is 53.6 Å². The Hall–Kier alpha value is -1.98. The number of hydrogen-bond donors (Lipinski definition) is 0. The fourth-order valence-electron chi connectivity index (χ4n) is 3.50. The molecule has 3 aromatic rings. The second-order valence-electron chi connectivity index (χ2n) is 6.35. The van der Waals surface area contributed by atoms with E-state index in [0.717, 1.165) is 29.5 Å². The maximum atomic E-state index is 13.1. The Morgan fingerprint density at radius 2 is 1.92 bits per heavy atom. The predicted molar refractivity (Wildman–Crippen MR) is 99.1 cm³/mol. The number of fused-ring (bicyclic) bond motifs is 3. The van der Waals surface area contributed by atoms with Crippen molar-refractivity contribution in [2.75, 3.05) is 6.61 Å². The highest BCUT2D eigenvalue weighted by molar-refractivity contribution is 7.90. The van der Waals surface area contributed by atoms with E-state index in [1.807, 2.05) is 6.07 Å². The second kappa shape index (κ2) is 6.07. The molecule has 1 aromatic heterocycles. The minimum atomic E-state index is -3.71. The average Bonchev–Trinajstić information content (AvgIpc) is 2.85. The maximum absolute atomic E-state index is 13.1. The topological polar surface area (TPSA) is 48.3 Å². The molecule has 4 nitrogen and oxygen atoms in total. The van der Waals surface area contributed by atoms with Crippen molar-refractivity contribution in [1.29, 1.82) is 0 Å². The summed E-state index contributed by atoms with van der Waals surface area (Å²) in [6, 6.07) is 12.0. The molecule has 0 aliphatic carbocycles.